The van der Waals surface area contributed by atoms with Crippen LogP contribution in [0.15, 0.2) is 35.7 Å². The summed E-state index contributed by atoms with van der Waals surface area (Å²) in [7, 11) is 0. The van der Waals surface area contributed by atoms with Crippen molar-refractivity contribution in [1.29, 1.82) is 5.41 Å². The minimum absolute atomic E-state index is 0.152. The van der Waals surface area contributed by atoms with Crippen LogP contribution in [0, 0.1) is 29.1 Å². The minimum Gasteiger partial charge on any atom is -0.402 e. The Bertz CT molecular complexity index is 1310. The summed E-state index contributed by atoms with van der Waals surface area (Å²) in [5, 5.41) is 19.1. The molecule has 3 aliphatic rings. The lowest BCUT2D eigenvalue weighted by molar-refractivity contribution is -0.119. The zero-order valence-corrected chi connectivity index (χ0v) is 23.0. The summed E-state index contributed by atoms with van der Waals surface area (Å²) < 4.78 is 17.1. The molecule has 2 unspecified atom stereocenters. The summed E-state index contributed by atoms with van der Waals surface area (Å²) in [6, 6.07) is 4.71. The van der Waals surface area contributed by atoms with E-state index in [0.717, 1.165) is 49.4 Å². The predicted octanol–water partition coefficient (Wildman–Crippen LogP) is 4.66. The number of hydrogen-bond donors (Lipinski definition) is 4. The predicted molar refractivity (Wildman–Crippen MR) is 151 cm³/mol. The summed E-state index contributed by atoms with van der Waals surface area (Å²) in [5.41, 5.74) is 10.5. The average molecular weight is 538 g/mol. The Morgan fingerprint density at radius 3 is 2.79 bits per heavy atom. The summed E-state index contributed by atoms with van der Waals surface area (Å²) >= 11 is 1.82. The molecule has 5 N–H and O–H groups in total. The first-order valence-corrected chi connectivity index (χ1v) is 14.8. The maximum Gasteiger partial charge on any atom is 0.248 e. The van der Waals surface area contributed by atoms with E-state index in [1.165, 1.54) is 11.6 Å². The fraction of sp³-hybridized carbons (Fsp3) is 0.500. The number of pyridine rings is 1. The van der Waals surface area contributed by atoms with Crippen LogP contribution in [0.5, 0.6) is 0 Å². The van der Waals surface area contributed by atoms with Gasteiger partial charge >= 0.3 is 0 Å². The van der Waals surface area contributed by atoms with Gasteiger partial charge in [0.15, 0.2) is 0 Å². The number of nitrogens with one attached hydrogen (secondary N) is 3. The zero-order valence-electron chi connectivity index (χ0n) is 22.2. The van der Waals surface area contributed by atoms with E-state index in [4.69, 9.17) is 11.1 Å². The largest absolute Gasteiger partial charge is 0.402 e. The second kappa shape index (κ2) is 10.9. The molecule has 3 heterocycles. The van der Waals surface area contributed by atoms with Gasteiger partial charge in [-0.05, 0) is 92.6 Å². The zero-order chi connectivity index (χ0) is 27.0. The van der Waals surface area contributed by atoms with Gasteiger partial charge in [-0.25, -0.2) is 4.98 Å². The molecule has 2 fully saturated rings. The molecule has 10 heteroatoms. The van der Waals surface area contributed by atoms with Crippen LogP contribution in [-0.4, -0.2) is 44.4 Å². The summed E-state index contributed by atoms with van der Waals surface area (Å²) in [6.45, 7) is 4.30. The van der Waals surface area contributed by atoms with Gasteiger partial charge in [-0.3, -0.25) is 9.48 Å². The van der Waals surface area contributed by atoms with Crippen LogP contribution in [0.1, 0.15) is 57.2 Å². The smallest absolute Gasteiger partial charge is 0.248 e. The van der Waals surface area contributed by atoms with Gasteiger partial charge in [0, 0.05) is 35.3 Å². The van der Waals surface area contributed by atoms with Crippen LogP contribution < -0.4 is 16.4 Å². The van der Waals surface area contributed by atoms with E-state index in [9.17, 15) is 4.79 Å². The lowest BCUT2D eigenvalue weighted by atomic mass is 9.85. The Labute approximate surface area is 227 Å². The van der Waals surface area contributed by atoms with Crippen LogP contribution in [-0.2, 0) is 11.3 Å². The number of rotatable bonds is 11. The molecule has 5 rings (SSSR count). The van der Waals surface area contributed by atoms with Crippen molar-refractivity contribution in [2.24, 2.45) is 23.5 Å². The van der Waals surface area contributed by atoms with Gasteiger partial charge in [0.25, 0.3) is 0 Å². The number of nitrogens with two attached hydrogens (primary N) is 1. The number of anilines is 1. The standard InChI is InChI=1S/C28H36FN7OS/c1-4-20(31)23(15(2)30)17-8-9-22(33-27(17)29)34-28(37)26-24(16-6-7-16)18-14-19(18)25(35-26)21-10-11-32-36(21)12-5-13-38-3/h8-11,16,18,24,26,31,35H,4-7,12-14,30H2,1-3H3,(H,33,34,37)/t18?,24?,26-/m0/s1. The molecule has 2 aromatic rings. The average Bonchev–Trinajstić information content (AvgIpc) is 3.82. The van der Waals surface area contributed by atoms with Crippen LogP contribution in [0.4, 0.5) is 10.2 Å². The molecule has 202 valence electrons. The third-order valence-electron chi connectivity index (χ3n) is 7.76. The summed E-state index contributed by atoms with van der Waals surface area (Å²) in [4.78, 5) is 17.7. The second-order valence-corrected chi connectivity index (χ2v) is 11.4. The summed E-state index contributed by atoms with van der Waals surface area (Å²) in [5.74, 6) is 1.42. The molecule has 2 aromatic heterocycles. The highest BCUT2D eigenvalue weighted by atomic mass is 32.2. The van der Waals surface area contributed by atoms with E-state index in [0.29, 0.717) is 29.5 Å². The molecule has 0 bridgehead atoms. The molecule has 2 aliphatic carbocycles. The fourth-order valence-electron chi connectivity index (χ4n) is 5.74. The number of fused-ring (bicyclic) bond motifs is 1. The number of hydrogen-bond acceptors (Lipinski definition) is 7. The van der Waals surface area contributed by atoms with Crippen molar-refractivity contribution < 1.29 is 9.18 Å². The van der Waals surface area contributed by atoms with Crippen LogP contribution in [0.3, 0.4) is 0 Å². The number of allylic oxidation sites excluding steroid dienone is 3. The maximum absolute atomic E-state index is 15.1. The molecule has 2 saturated carbocycles. The molecule has 0 radical (unpaired) electrons. The maximum atomic E-state index is 15.1. The van der Waals surface area contributed by atoms with Crippen LogP contribution in [0.25, 0.3) is 11.3 Å². The van der Waals surface area contributed by atoms with E-state index in [2.05, 4.69) is 27.0 Å². The molecule has 38 heavy (non-hydrogen) atoms. The van der Waals surface area contributed by atoms with E-state index in [1.807, 2.05) is 35.6 Å². The second-order valence-electron chi connectivity index (χ2n) is 10.4. The van der Waals surface area contributed by atoms with Crippen molar-refractivity contribution in [2.45, 2.75) is 58.5 Å². The van der Waals surface area contributed by atoms with E-state index < -0.39 is 12.0 Å². The topological polar surface area (TPSA) is 122 Å². The Kier molecular flexibility index (Phi) is 7.61. The molecule has 0 spiro atoms. The molecule has 3 atom stereocenters. The Hall–Kier alpha value is -3.14. The molecule has 1 aliphatic heterocycles. The third kappa shape index (κ3) is 5.23. The quantitative estimate of drug-likeness (QED) is 0.188. The SMILES string of the molecule is CCC(=N)C(=C(C)N)c1ccc(NC(=O)[C@H]2NC(c3ccnn3CCCSC)=C3CC3C2C2CC2)nc1F. The number of thioether (sulfide) groups is 1. The van der Waals surface area contributed by atoms with E-state index >= 15 is 4.39 Å². The molecule has 1 amide bonds. The van der Waals surface area contributed by atoms with Gasteiger partial charge in [-0.1, -0.05) is 6.92 Å². The number of halogens is 1. The number of carbonyl (C=O) groups is 1. The first-order valence-electron chi connectivity index (χ1n) is 13.4. The fourth-order valence-corrected chi connectivity index (χ4v) is 6.15. The highest BCUT2D eigenvalue weighted by Gasteiger charge is 2.55. The highest BCUT2D eigenvalue weighted by Crippen LogP contribution is 2.58. The van der Waals surface area contributed by atoms with Crippen molar-refractivity contribution >= 4 is 40.5 Å². The van der Waals surface area contributed by atoms with Crippen LogP contribution >= 0.6 is 11.8 Å². The van der Waals surface area contributed by atoms with Crippen LogP contribution in [0.2, 0.25) is 0 Å². The van der Waals surface area contributed by atoms with E-state index in [-0.39, 0.29) is 28.9 Å². The van der Waals surface area contributed by atoms with Gasteiger partial charge in [0.05, 0.1) is 11.4 Å². The van der Waals surface area contributed by atoms with Crippen molar-refractivity contribution in [3.05, 3.63) is 52.9 Å². The van der Waals surface area contributed by atoms with Gasteiger partial charge < -0.3 is 21.8 Å². The van der Waals surface area contributed by atoms with Gasteiger partial charge in [0.1, 0.15) is 11.9 Å². The number of amides is 1. The normalized spacial score (nSPS) is 22.9. The highest BCUT2D eigenvalue weighted by molar-refractivity contribution is 7.98. The number of aryl methyl sites for hydroxylation is 1. The van der Waals surface area contributed by atoms with Gasteiger partial charge in [-0.2, -0.15) is 21.3 Å². The third-order valence-corrected chi connectivity index (χ3v) is 8.45. The molecular weight excluding hydrogens is 501 g/mol. The monoisotopic (exact) mass is 537 g/mol. The van der Waals surface area contributed by atoms with E-state index in [1.54, 1.807) is 13.0 Å². The molecular formula is C28H36FN7OS. The number of carbonyl (C=O) groups excluding carboxylic acids is 1. The lowest BCUT2D eigenvalue weighted by Crippen LogP contribution is -2.49. The Morgan fingerprint density at radius 1 is 1.34 bits per heavy atom. The first kappa shape index (κ1) is 26.5. The summed E-state index contributed by atoms with van der Waals surface area (Å²) in [6.07, 6.45) is 8.66. The molecule has 0 aromatic carbocycles. The Morgan fingerprint density at radius 2 is 2.13 bits per heavy atom. The minimum atomic E-state index is -0.754. The number of nitrogens with zero attached hydrogens (tertiary/aromatic N) is 3. The molecule has 0 saturated heterocycles. The number of aromatic nitrogens is 3. The van der Waals surface area contributed by atoms with Gasteiger partial charge in [0.2, 0.25) is 11.9 Å². The van der Waals surface area contributed by atoms with Crippen molar-refractivity contribution in [2.75, 3.05) is 17.3 Å². The van der Waals surface area contributed by atoms with Crippen molar-refractivity contribution in [3.8, 4) is 0 Å². The van der Waals surface area contributed by atoms with Crippen molar-refractivity contribution in [3.63, 3.8) is 0 Å². The lowest BCUT2D eigenvalue weighted by Gasteiger charge is -2.32. The van der Waals surface area contributed by atoms with Crippen molar-refractivity contribution in [1.82, 2.24) is 20.1 Å². The first-order chi connectivity index (χ1) is 18.3. The Balaban J connectivity index is 1.37. The molecule has 8 nitrogen and oxygen atoms in total. The van der Waals surface area contributed by atoms with Gasteiger partial charge in [-0.15, -0.1) is 0 Å².